The van der Waals surface area contributed by atoms with Gasteiger partial charge < -0.3 is 0 Å². The molecule has 0 rings (SSSR count). The van der Waals surface area contributed by atoms with Crippen LogP contribution in [0.3, 0.4) is 0 Å². The molecule has 0 aliphatic heterocycles. The summed E-state index contributed by atoms with van der Waals surface area (Å²) >= 11 is 0. The van der Waals surface area contributed by atoms with Gasteiger partial charge in [-0.1, -0.05) is 13.0 Å². The number of carbonyl (C=O) groups is 1. The van der Waals surface area contributed by atoms with Crippen molar-refractivity contribution in [1.29, 1.82) is 0 Å². The first-order valence-electron chi connectivity index (χ1n) is 2.58. The lowest BCUT2D eigenvalue weighted by molar-refractivity contribution is -0.138. The molecule has 0 aromatic carbocycles. The van der Waals surface area contributed by atoms with Gasteiger partial charge in [0.15, 0.2) is 0 Å². The van der Waals surface area contributed by atoms with Crippen molar-refractivity contribution in [2.24, 2.45) is 0 Å². The molecule has 0 atom stereocenters. The molecule has 0 aliphatic carbocycles. The van der Waals surface area contributed by atoms with E-state index in [0.29, 0.717) is 12.0 Å². The number of carbonyl (C=O) groups excluding carboxylic acids is 1. The largest absolute Gasteiger partial charge is 0.381 e. The number of allylic oxidation sites excluding steroid dienone is 1. The Kier molecular flexibility index (Phi) is 2.92. The molecule has 1 radical (unpaired) electrons. The molecule has 0 unspecified atom stereocenters. The second kappa shape index (κ2) is 3.24. The highest BCUT2D eigenvalue weighted by atomic mass is 16.4. The van der Waals surface area contributed by atoms with E-state index in [1.165, 1.54) is 0 Å². The fraction of sp³-hybridized carbons (Fsp3) is 0.500. The predicted molar refractivity (Wildman–Crippen MR) is 29.7 cm³/mol. The van der Waals surface area contributed by atoms with E-state index in [1.54, 1.807) is 19.9 Å². The summed E-state index contributed by atoms with van der Waals surface area (Å²) in [5.41, 5.74) is 0.366. The average Bonchev–Trinajstić information content (AvgIpc) is 1.69. The smallest absolute Gasteiger partial charge is 0.242 e. The Hall–Kier alpha value is -0.790. The Bertz CT molecular complexity index is 114. The van der Waals surface area contributed by atoms with Crippen LogP contribution in [0, 0.1) is 0 Å². The molecule has 8 heavy (non-hydrogen) atoms. The Morgan fingerprint density at radius 3 is 2.12 bits per heavy atom. The molecule has 0 amide bonds. The lowest BCUT2D eigenvalue weighted by atomic mass is 10.2. The van der Waals surface area contributed by atoms with Crippen molar-refractivity contribution < 1.29 is 9.90 Å². The third-order valence-corrected chi connectivity index (χ3v) is 0.992. The fourth-order valence-corrected chi connectivity index (χ4v) is 0.466. The van der Waals surface area contributed by atoms with Gasteiger partial charge in [0.05, 0.1) is 0 Å². The molecular weight excluding hydrogens is 104 g/mol. The van der Waals surface area contributed by atoms with Crippen molar-refractivity contribution in [3.8, 4) is 0 Å². The van der Waals surface area contributed by atoms with E-state index < -0.39 is 5.97 Å². The Morgan fingerprint density at radius 1 is 1.62 bits per heavy atom. The molecule has 45 valence electrons. The van der Waals surface area contributed by atoms with E-state index in [2.05, 4.69) is 0 Å². The summed E-state index contributed by atoms with van der Waals surface area (Å²) in [5, 5.41) is 9.98. The maximum atomic E-state index is 9.98. The van der Waals surface area contributed by atoms with Gasteiger partial charge in [-0.25, -0.2) is 9.90 Å². The zero-order valence-corrected chi connectivity index (χ0v) is 5.10. The minimum absolute atomic E-state index is 0.366. The first-order chi connectivity index (χ1) is 3.72. The van der Waals surface area contributed by atoms with Gasteiger partial charge in [-0.15, -0.1) is 0 Å². The van der Waals surface area contributed by atoms with E-state index >= 15 is 0 Å². The van der Waals surface area contributed by atoms with Gasteiger partial charge in [0.1, 0.15) is 0 Å². The Balaban J connectivity index is 3.92. The van der Waals surface area contributed by atoms with Gasteiger partial charge in [0.25, 0.3) is 0 Å². The maximum absolute atomic E-state index is 9.98. The molecule has 0 aromatic heterocycles. The molecule has 0 aliphatic rings. The Labute approximate surface area is 48.8 Å². The van der Waals surface area contributed by atoms with Gasteiger partial charge in [-0.2, -0.15) is 0 Å². The second-order valence-electron chi connectivity index (χ2n) is 1.45. The number of hydrogen-bond acceptors (Lipinski definition) is 1. The third kappa shape index (κ3) is 1.78. The van der Waals surface area contributed by atoms with E-state index in [1.807, 2.05) is 0 Å². The van der Waals surface area contributed by atoms with Gasteiger partial charge in [-0.3, -0.25) is 0 Å². The number of rotatable bonds is 2. The third-order valence-electron chi connectivity index (χ3n) is 0.992. The Morgan fingerprint density at radius 2 is 2.12 bits per heavy atom. The molecule has 0 heterocycles. The van der Waals surface area contributed by atoms with Gasteiger partial charge >= 0.3 is 5.97 Å². The van der Waals surface area contributed by atoms with Crippen LogP contribution in [0.15, 0.2) is 11.6 Å². The summed E-state index contributed by atoms with van der Waals surface area (Å²) in [7, 11) is 0. The maximum Gasteiger partial charge on any atom is 0.381 e. The standard InChI is InChI=1S/C6H9O2/c1-3-5(4-2)6(7)8/h3H,4H2,1-2H3. The first-order valence-corrected chi connectivity index (χ1v) is 2.58. The highest BCUT2D eigenvalue weighted by Gasteiger charge is 2.02. The van der Waals surface area contributed by atoms with Crippen molar-refractivity contribution in [1.82, 2.24) is 0 Å². The van der Waals surface area contributed by atoms with Crippen LogP contribution in [0.4, 0.5) is 0 Å². The summed E-state index contributed by atoms with van der Waals surface area (Å²) in [4.78, 5) is 9.98. The van der Waals surface area contributed by atoms with Crippen LogP contribution in [-0.4, -0.2) is 5.97 Å². The monoisotopic (exact) mass is 113 g/mol. The molecule has 0 bridgehead atoms. The summed E-state index contributed by atoms with van der Waals surface area (Å²) in [5.74, 6) is -1.06. The predicted octanol–water partition coefficient (Wildman–Crippen LogP) is 1.30. The van der Waals surface area contributed by atoms with Crippen molar-refractivity contribution in [2.45, 2.75) is 20.3 Å². The van der Waals surface area contributed by atoms with Crippen molar-refractivity contribution in [3.63, 3.8) is 0 Å². The van der Waals surface area contributed by atoms with Crippen LogP contribution in [0.5, 0.6) is 0 Å². The zero-order chi connectivity index (χ0) is 6.57. The second-order valence-corrected chi connectivity index (χ2v) is 1.45. The van der Waals surface area contributed by atoms with Crippen molar-refractivity contribution >= 4 is 5.97 Å². The minimum atomic E-state index is -1.06. The molecular formula is C6H9O2. The van der Waals surface area contributed by atoms with E-state index in [9.17, 15) is 9.90 Å². The van der Waals surface area contributed by atoms with Crippen LogP contribution in [0.25, 0.3) is 0 Å². The van der Waals surface area contributed by atoms with E-state index in [0.717, 1.165) is 0 Å². The minimum Gasteiger partial charge on any atom is -0.242 e. The van der Waals surface area contributed by atoms with Gasteiger partial charge in [0, 0.05) is 5.57 Å². The molecule has 2 heteroatoms. The van der Waals surface area contributed by atoms with E-state index in [4.69, 9.17) is 0 Å². The summed E-state index contributed by atoms with van der Waals surface area (Å²) in [6.45, 7) is 3.47. The van der Waals surface area contributed by atoms with Crippen molar-refractivity contribution in [2.75, 3.05) is 0 Å². The van der Waals surface area contributed by atoms with Crippen LogP contribution in [0.1, 0.15) is 20.3 Å². The molecule has 2 nitrogen and oxygen atoms in total. The summed E-state index contributed by atoms with van der Waals surface area (Å²) < 4.78 is 0. The molecule has 0 aromatic rings. The highest BCUT2D eigenvalue weighted by molar-refractivity contribution is 5.85. The normalized spacial score (nSPS) is 11.5. The van der Waals surface area contributed by atoms with Gasteiger partial charge in [-0.05, 0) is 13.3 Å². The first kappa shape index (κ1) is 7.21. The fourth-order valence-electron chi connectivity index (χ4n) is 0.466. The summed E-state index contributed by atoms with van der Waals surface area (Å²) in [6.07, 6.45) is 2.09. The topological polar surface area (TPSA) is 37.0 Å². The number of hydrogen-bond donors (Lipinski definition) is 0. The van der Waals surface area contributed by atoms with Crippen LogP contribution < -0.4 is 0 Å². The van der Waals surface area contributed by atoms with E-state index in [-0.39, 0.29) is 0 Å². The van der Waals surface area contributed by atoms with Crippen LogP contribution in [0.2, 0.25) is 0 Å². The lowest BCUT2D eigenvalue weighted by Crippen LogP contribution is -1.95. The molecule has 0 saturated heterocycles. The summed E-state index contributed by atoms with van der Waals surface area (Å²) in [6, 6.07) is 0. The van der Waals surface area contributed by atoms with Gasteiger partial charge in [0.2, 0.25) is 0 Å². The molecule has 0 N–H and O–H groups in total. The average molecular weight is 113 g/mol. The zero-order valence-electron chi connectivity index (χ0n) is 5.10. The quantitative estimate of drug-likeness (QED) is 0.497. The van der Waals surface area contributed by atoms with Crippen molar-refractivity contribution in [3.05, 3.63) is 11.6 Å². The molecule has 0 fully saturated rings. The SMILES string of the molecule is CC=C(CC)C([O])=O. The highest BCUT2D eigenvalue weighted by Crippen LogP contribution is 1.98. The molecule has 0 spiro atoms. The van der Waals surface area contributed by atoms with Crippen LogP contribution >= 0.6 is 0 Å². The van der Waals surface area contributed by atoms with Crippen LogP contribution in [-0.2, 0) is 9.90 Å². The molecule has 0 saturated carbocycles. The lowest BCUT2D eigenvalue weighted by Gasteiger charge is -1.88.